The number of hydrogen-bond acceptors (Lipinski definition) is 5. The number of carbonyl (C=O) groups excluding carboxylic acids is 1. The van der Waals surface area contributed by atoms with Crippen LogP contribution in [0.4, 0.5) is 5.69 Å². The van der Waals surface area contributed by atoms with Crippen LogP contribution < -0.4 is 10.6 Å². The van der Waals surface area contributed by atoms with Gasteiger partial charge in [0, 0.05) is 37.2 Å². The van der Waals surface area contributed by atoms with Gasteiger partial charge in [-0.1, -0.05) is 12.1 Å². The fourth-order valence-corrected chi connectivity index (χ4v) is 3.46. The largest absolute Gasteiger partial charge is 0.355 e. The molecule has 1 amide bonds. The Hall–Kier alpha value is -1.53. The van der Waals surface area contributed by atoms with Gasteiger partial charge in [0.2, 0.25) is 0 Å². The third-order valence-corrected chi connectivity index (χ3v) is 4.60. The van der Waals surface area contributed by atoms with E-state index in [0.29, 0.717) is 0 Å². The number of likely N-dealkylation sites (N-methyl/N-ethyl adjacent to an activating group) is 1. The summed E-state index contributed by atoms with van der Waals surface area (Å²) < 4.78 is 0. The van der Waals surface area contributed by atoms with Crippen LogP contribution in [-0.2, 0) is 4.79 Å². The molecule has 2 N–H and O–H groups in total. The molecule has 2 heterocycles. The molecule has 1 aromatic carbocycles. The van der Waals surface area contributed by atoms with Gasteiger partial charge in [-0.05, 0) is 12.1 Å². The molecule has 2 aliphatic heterocycles. The molecule has 5 nitrogen and oxygen atoms in total. The maximum atomic E-state index is 12.2. The Kier molecular flexibility index (Phi) is 3.67. The fraction of sp³-hybridized carbons (Fsp3) is 0.429. The topological polar surface area (TPSA) is 61.9 Å². The first-order valence-electron chi connectivity index (χ1n) is 6.71. The monoisotopic (exact) mass is 290 g/mol. The van der Waals surface area contributed by atoms with Crippen molar-refractivity contribution in [2.75, 3.05) is 36.5 Å². The fourth-order valence-electron chi connectivity index (χ4n) is 2.56. The number of thioether (sulfide) groups is 1. The molecule has 2 aliphatic rings. The van der Waals surface area contributed by atoms with E-state index in [1.807, 2.05) is 36.0 Å². The smallest absolute Gasteiger partial charge is 0.266 e. The number of fused-ring (bicyclic) bond motifs is 1. The SMILES string of the molecule is CN1C(=O)C(N)N=C(N2CCSCC2)c2ccccc21. The average molecular weight is 290 g/mol. The van der Waals surface area contributed by atoms with Crippen LogP contribution in [0.25, 0.3) is 0 Å². The number of rotatable bonds is 0. The number of benzene rings is 1. The van der Waals surface area contributed by atoms with Crippen molar-refractivity contribution >= 4 is 29.2 Å². The van der Waals surface area contributed by atoms with Gasteiger partial charge in [0.15, 0.2) is 6.17 Å². The van der Waals surface area contributed by atoms with E-state index in [2.05, 4.69) is 9.89 Å². The number of hydrogen-bond donors (Lipinski definition) is 1. The van der Waals surface area contributed by atoms with Gasteiger partial charge in [0.25, 0.3) is 5.91 Å². The Morgan fingerprint density at radius 2 is 2.00 bits per heavy atom. The molecule has 1 unspecified atom stereocenters. The van der Waals surface area contributed by atoms with Crippen LogP contribution in [0.15, 0.2) is 29.3 Å². The zero-order valence-corrected chi connectivity index (χ0v) is 12.3. The van der Waals surface area contributed by atoms with Gasteiger partial charge < -0.3 is 15.5 Å². The lowest BCUT2D eigenvalue weighted by Crippen LogP contribution is -2.41. The van der Waals surface area contributed by atoms with Gasteiger partial charge in [-0.3, -0.25) is 4.79 Å². The van der Waals surface area contributed by atoms with Crippen molar-refractivity contribution in [2.45, 2.75) is 6.17 Å². The number of nitrogens with zero attached hydrogens (tertiary/aromatic N) is 3. The molecule has 3 rings (SSSR count). The van der Waals surface area contributed by atoms with E-state index in [9.17, 15) is 4.79 Å². The van der Waals surface area contributed by atoms with Crippen molar-refractivity contribution in [3.8, 4) is 0 Å². The van der Waals surface area contributed by atoms with Crippen molar-refractivity contribution < 1.29 is 4.79 Å². The van der Waals surface area contributed by atoms with Gasteiger partial charge in [0.05, 0.1) is 5.69 Å². The van der Waals surface area contributed by atoms with E-state index in [1.54, 1.807) is 11.9 Å². The van der Waals surface area contributed by atoms with Crippen molar-refractivity contribution in [1.29, 1.82) is 0 Å². The molecule has 0 radical (unpaired) electrons. The Labute approximate surface area is 122 Å². The molecule has 6 heteroatoms. The number of amidine groups is 1. The zero-order chi connectivity index (χ0) is 14.1. The normalized spacial score (nSPS) is 23.2. The molecule has 0 spiro atoms. The van der Waals surface area contributed by atoms with Gasteiger partial charge in [-0.2, -0.15) is 11.8 Å². The minimum atomic E-state index is -0.822. The Morgan fingerprint density at radius 3 is 2.75 bits per heavy atom. The van der Waals surface area contributed by atoms with Gasteiger partial charge in [-0.15, -0.1) is 0 Å². The molecule has 0 bridgehead atoms. The average Bonchev–Trinajstić information content (AvgIpc) is 2.60. The first-order chi connectivity index (χ1) is 9.68. The van der Waals surface area contributed by atoms with E-state index in [-0.39, 0.29) is 5.91 Å². The number of amides is 1. The number of nitrogens with two attached hydrogens (primary N) is 1. The van der Waals surface area contributed by atoms with Crippen LogP contribution in [-0.4, -0.2) is 54.5 Å². The van der Waals surface area contributed by atoms with E-state index in [4.69, 9.17) is 5.73 Å². The molecule has 1 fully saturated rings. The molecular formula is C14H18N4OS. The second-order valence-corrected chi connectivity index (χ2v) is 6.14. The second-order valence-electron chi connectivity index (χ2n) is 4.91. The van der Waals surface area contributed by atoms with Crippen LogP contribution in [0.1, 0.15) is 5.56 Å². The molecule has 1 saturated heterocycles. The van der Waals surface area contributed by atoms with Crippen molar-refractivity contribution in [1.82, 2.24) is 4.90 Å². The number of carbonyl (C=O) groups is 1. The van der Waals surface area contributed by atoms with Crippen LogP contribution >= 0.6 is 11.8 Å². The number of para-hydroxylation sites is 1. The van der Waals surface area contributed by atoms with E-state index < -0.39 is 6.17 Å². The van der Waals surface area contributed by atoms with Gasteiger partial charge in [-0.25, -0.2) is 4.99 Å². The third kappa shape index (κ3) is 2.29. The molecule has 0 aliphatic carbocycles. The van der Waals surface area contributed by atoms with Crippen molar-refractivity contribution in [3.63, 3.8) is 0 Å². The van der Waals surface area contributed by atoms with Crippen LogP contribution in [0, 0.1) is 0 Å². The maximum absolute atomic E-state index is 12.2. The molecule has 106 valence electrons. The summed E-state index contributed by atoms with van der Waals surface area (Å²) in [6.07, 6.45) is -0.822. The van der Waals surface area contributed by atoms with E-state index >= 15 is 0 Å². The molecule has 1 aromatic rings. The lowest BCUT2D eigenvalue weighted by molar-refractivity contribution is -0.119. The molecule has 0 saturated carbocycles. The standard InChI is InChI=1S/C14H18N4OS/c1-17-11-5-3-2-4-10(11)13(16-12(15)14(17)19)18-6-8-20-9-7-18/h2-5,12H,6-9,15H2,1H3. The maximum Gasteiger partial charge on any atom is 0.266 e. The summed E-state index contributed by atoms with van der Waals surface area (Å²) in [6.45, 7) is 1.89. The molecular weight excluding hydrogens is 272 g/mol. The summed E-state index contributed by atoms with van der Waals surface area (Å²) in [5, 5.41) is 0. The summed E-state index contributed by atoms with van der Waals surface area (Å²) in [4.78, 5) is 20.5. The minimum Gasteiger partial charge on any atom is -0.355 e. The number of benzodiazepines with no additional fused rings is 1. The van der Waals surface area contributed by atoms with Crippen molar-refractivity contribution in [3.05, 3.63) is 29.8 Å². The number of anilines is 1. The quantitative estimate of drug-likeness (QED) is 0.766. The first kappa shape index (κ1) is 13.5. The Balaban J connectivity index is 2.08. The minimum absolute atomic E-state index is 0.168. The Morgan fingerprint density at radius 1 is 1.30 bits per heavy atom. The van der Waals surface area contributed by atoms with Crippen LogP contribution in [0.3, 0.4) is 0 Å². The summed E-state index contributed by atoms with van der Waals surface area (Å²) in [5.41, 5.74) is 7.80. The highest BCUT2D eigenvalue weighted by molar-refractivity contribution is 7.99. The summed E-state index contributed by atoms with van der Waals surface area (Å²) in [5.74, 6) is 2.85. The third-order valence-electron chi connectivity index (χ3n) is 3.66. The van der Waals surface area contributed by atoms with Crippen molar-refractivity contribution in [2.24, 2.45) is 10.7 Å². The number of aliphatic imine (C=N–C) groups is 1. The van der Waals surface area contributed by atoms with Crippen LogP contribution in [0.2, 0.25) is 0 Å². The van der Waals surface area contributed by atoms with Gasteiger partial charge in [0.1, 0.15) is 5.84 Å². The lowest BCUT2D eigenvalue weighted by atomic mass is 10.1. The predicted molar refractivity (Wildman–Crippen MR) is 83.3 cm³/mol. The van der Waals surface area contributed by atoms with E-state index in [1.165, 1.54) is 0 Å². The predicted octanol–water partition coefficient (Wildman–Crippen LogP) is 0.743. The molecule has 0 aromatic heterocycles. The van der Waals surface area contributed by atoms with Crippen LogP contribution in [0.5, 0.6) is 0 Å². The summed E-state index contributed by atoms with van der Waals surface area (Å²) >= 11 is 1.95. The zero-order valence-electron chi connectivity index (χ0n) is 11.5. The second kappa shape index (κ2) is 5.46. The summed E-state index contributed by atoms with van der Waals surface area (Å²) in [6, 6.07) is 7.86. The Bertz CT molecular complexity index is 554. The summed E-state index contributed by atoms with van der Waals surface area (Å²) in [7, 11) is 1.76. The first-order valence-corrected chi connectivity index (χ1v) is 7.87. The highest BCUT2D eigenvalue weighted by atomic mass is 32.2. The molecule has 1 atom stereocenters. The highest BCUT2D eigenvalue weighted by Crippen LogP contribution is 2.26. The van der Waals surface area contributed by atoms with Gasteiger partial charge >= 0.3 is 0 Å². The van der Waals surface area contributed by atoms with E-state index in [0.717, 1.165) is 41.7 Å². The molecule has 20 heavy (non-hydrogen) atoms. The highest BCUT2D eigenvalue weighted by Gasteiger charge is 2.29. The lowest BCUT2D eigenvalue weighted by Gasteiger charge is -2.30.